The summed E-state index contributed by atoms with van der Waals surface area (Å²) in [5.41, 5.74) is 0.0397. The first-order valence-electron chi connectivity index (χ1n) is 7.92. The fraction of sp³-hybridized carbons (Fsp3) is 0.222. The van der Waals surface area contributed by atoms with Gasteiger partial charge in [-0.25, -0.2) is 18.1 Å². The highest BCUT2D eigenvalue weighted by atomic mass is 79.9. The lowest BCUT2D eigenvalue weighted by atomic mass is 10.0. The molecule has 0 amide bonds. The number of hydrogen-bond donors (Lipinski definition) is 1. The van der Waals surface area contributed by atoms with Crippen LogP contribution in [0.1, 0.15) is 29.3 Å². The van der Waals surface area contributed by atoms with E-state index in [9.17, 15) is 13.6 Å². The van der Waals surface area contributed by atoms with Gasteiger partial charge in [-0.3, -0.25) is 4.79 Å². The SMILES string of the molecule is CCCS(C)=Nc1ccc(F)c(C(=O)c2c[nH]c3ncc(Br)cc23)c1F. The van der Waals surface area contributed by atoms with Crippen molar-refractivity contribution in [2.24, 2.45) is 4.36 Å². The molecule has 0 spiro atoms. The van der Waals surface area contributed by atoms with Crippen molar-refractivity contribution in [3.05, 3.63) is 57.8 Å². The van der Waals surface area contributed by atoms with Gasteiger partial charge in [0.25, 0.3) is 0 Å². The van der Waals surface area contributed by atoms with Gasteiger partial charge in [-0.2, -0.15) is 0 Å². The lowest BCUT2D eigenvalue weighted by Gasteiger charge is -2.07. The van der Waals surface area contributed by atoms with E-state index in [2.05, 4.69) is 30.3 Å². The molecule has 0 aliphatic heterocycles. The fourth-order valence-electron chi connectivity index (χ4n) is 2.63. The molecule has 1 atom stereocenters. The second-order valence-corrected chi connectivity index (χ2v) is 8.44. The molecule has 26 heavy (non-hydrogen) atoms. The van der Waals surface area contributed by atoms with Crippen molar-refractivity contribution in [2.45, 2.75) is 13.3 Å². The third-order valence-electron chi connectivity index (χ3n) is 3.79. The van der Waals surface area contributed by atoms with Crippen LogP contribution in [0.25, 0.3) is 11.0 Å². The summed E-state index contributed by atoms with van der Waals surface area (Å²) in [6.45, 7) is 2.01. The average molecular weight is 440 g/mol. The molecule has 2 heterocycles. The Morgan fingerprint density at radius 3 is 2.88 bits per heavy atom. The first-order chi connectivity index (χ1) is 12.4. The van der Waals surface area contributed by atoms with Gasteiger partial charge in [0.05, 0.1) is 5.56 Å². The van der Waals surface area contributed by atoms with E-state index in [1.54, 1.807) is 12.3 Å². The summed E-state index contributed by atoms with van der Waals surface area (Å²) in [4.78, 5) is 19.8. The largest absolute Gasteiger partial charge is 0.345 e. The lowest BCUT2D eigenvalue weighted by Crippen LogP contribution is -2.07. The molecule has 8 heteroatoms. The Labute approximate surface area is 160 Å². The zero-order chi connectivity index (χ0) is 18.8. The normalized spacial score (nSPS) is 12.7. The highest BCUT2D eigenvalue weighted by Crippen LogP contribution is 2.29. The number of carbonyl (C=O) groups excluding carboxylic acids is 1. The molecule has 1 aromatic carbocycles. The smallest absolute Gasteiger partial charge is 0.201 e. The second kappa shape index (κ2) is 7.75. The van der Waals surface area contributed by atoms with Crippen molar-refractivity contribution in [1.29, 1.82) is 0 Å². The Morgan fingerprint density at radius 1 is 1.38 bits per heavy atom. The van der Waals surface area contributed by atoms with Crippen molar-refractivity contribution in [3.63, 3.8) is 0 Å². The summed E-state index contributed by atoms with van der Waals surface area (Å²) < 4.78 is 34.1. The number of pyridine rings is 1. The molecule has 0 saturated carbocycles. The highest BCUT2D eigenvalue weighted by Gasteiger charge is 2.24. The molecule has 136 valence electrons. The molecular formula is C18H16BrF2N3OS. The van der Waals surface area contributed by atoms with Crippen molar-refractivity contribution in [3.8, 4) is 0 Å². The molecule has 1 N–H and O–H groups in total. The number of nitrogens with zero attached hydrogens (tertiary/aromatic N) is 2. The van der Waals surface area contributed by atoms with Crippen molar-refractivity contribution in [2.75, 3.05) is 12.0 Å². The molecule has 0 aliphatic rings. The Morgan fingerprint density at radius 2 is 2.15 bits per heavy atom. The van der Waals surface area contributed by atoms with Crippen LogP contribution in [0.15, 0.2) is 39.4 Å². The van der Waals surface area contributed by atoms with E-state index in [1.165, 1.54) is 12.3 Å². The molecule has 0 bridgehead atoms. The average Bonchev–Trinajstić information content (AvgIpc) is 3.00. The number of rotatable bonds is 5. The standard InChI is InChI=1S/C18H16BrF2N3OS/c1-3-6-26(2)24-14-5-4-13(20)15(16(14)21)17(25)12-9-23-18-11(12)7-10(19)8-22-18/h4-5,7-9H,3,6H2,1-2H3,(H,22,23). The predicted molar refractivity (Wildman–Crippen MR) is 104 cm³/mol. The van der Waals surface area contributed by atoms with Gasteiger partial charge in [0.15, 0.2) is 5.82 Å². The minimum Gasteiger partial charge on any atom is -0.345 e. The van der Waals surface area contributed by atoms with E-state index in [-0.39, 0.29) is 11.3 Å². The molecule has 0 radical (unpaired) electrons. The van der Waals surface area contributed by atoms with E-state index < -0.39 is 33.7 Å². The van der Waals surface area contributed by atoms with Crippen LogP contribution in [0, 0.1) is 11.6 Å². The lowest BCUT2D eigenvalue weighted by molar-refractivity contribution is 0.103. The number of halogens is 3. The number of aromatic amines is 1. The summed E-state index contributed by atoms with van der Waals surface area (Å²) >= 11 is 3.29. The maximum Gasteiger partial charge on any atom is 0.201 e. The van der Waals surface area contributed by atoms with Gasteiger partial charge in [-0.15, -0.1) is 0 Å². The number of benzene rings is 1. The summed E-state index contributed by atoms with van der Waals surface area (Å²) in [6, 6.07) is 4.04. The maximum absolute atomic E-state index is 14.9. The quantitative estimate of drug-likeness (QED) is 0.547. The van der Waals surface area contributed by atoms with Crippen LogP contribution in [-0.4, -0.2) is 27.8 Å². The molecular weight excluding hydrogens is 424 g/mol. The van der Waals surface area contributed by atoms with E-state index in [4.69, 9.17) is 0 Å². The van der Waals surface area contributed by atoms with Crippen LogP contribution < -0.4 is 0 Å². The number of aromatic nitrogens is 2. The van der Waals surface area contributed by atoms with Crippen LogP contribution in [0.2, 0.25) is 0 Å². The molecule has 0 aliphatic carbocycles. The number of H-pyrrole nitrogens is 1. The highest BCUT2D eigenvalue weighted by molar-refractivity contribution is 9.10. The summed E-state index contributed by atoms with van der Waals surface area (Å²) in [5.74, 6) is -1.77. The monoisotopic (exact) mass is 439 g/mol. The van der Waals surface area contributed by atoms with Crippen LogP contribution in [-0.2, 0) is 10.7 Å². The summed E-state index contributed by atoms with van der Waals surface area (Å²) in [7, 11) is -0.393. The van der Waals surface area contributed by atoms with Gasteiger partial charge in [-0.1, -0.05) is 17.6 Å². The van der Waals surface area contributed by atoms with Crippen LogP contribution in [0.5, 0.6) is 0 Å². The van der Waals surface area contributed by atoms with Gasteiger partial charge in [0.2, 0.25) is 5.78 Å². The Balaban J connectivity index is 2.12. The molecule has 4 nitrogen and oxygen atoms in total. The minimum atomic E-state index is -0.928. The Bertz CT molecular complexity index is 1030. The number of carbonyl (C=O) groups is 1. The van der Waals surface area contributed by atoms with E-state index in [0.29, 0.717) is 15.5 Å². The van der Waals surface area contributed by atoms with Gasteiger partial charge in [0.1, 0.15) is 17.2 Å². The number of fused-ring (bicyclic) bond motifs is 1. The maximum atomic E-state index is 14.9. The zero-order valence-corrected chi connectivity index (χ0v) is 16.5. The molecule has 3 rings (SSSR count). The first-order valence-corrected chi connectivity index (χ1v) is 10.5. The summed E-state index contributed by atoms with van der Waals surface area (Å²) in [5, 5.41) is 0.492. The van der Waals surface area contributed by atoms with Gasteiger partial charge in [0, 0.05) is 33.6 Å². The van der Waals surface area contributed by atoms with Crippen molar-refractivity contribution < 1.29 is 13.6 Å². The van der Waals surface area contributed by atoms with E-state index in [0.717, 1.165) is 18.2 Å². The van der Waals surface area contributed by atoms with Crippen molar-refractivity contribution >= 4 is 49.1 Å². The second-order valence-electron chi connectivity index (χ2n) is 5.73. The van der Waals surface area contributed by atoms with Crippen molar-refractivity contribution in [1.82, 2.24) is 9.97 Å². The molecule has 1 unspecified atom stereocenters. The van der Waals surface area contributed by atoms with Crippen LogP contribution in [0.3, 0.4) is 0 Å². The van der Waals surface area contributed by atoms with Gasteiger partial charge < -0.3 is 4.98 Å². The Hall–Kier alpha value is -1.93. The van der Waals surface area contributed by atoms with Gasteiger partial charge >= 0.3 is 0 Å². The minimum absolute atomic E-state index is 0.00757. The fourth-order valence-corrected chi connectivity index (χ4v) is 4.12. The predicted octanol–water partition coefficient (Wildman–Crippen LogP) is 5.31. The molecule has 0 saturated heterocycles. The van der Waals surface area contributed by atoms with Crippen LogP contribution >= 0.6 is 15.9 Å². The zero-order valence-electron chi connectivity index (χ0n) is 14.1. The molecule has 3 aromatic rings. The summed E-state index contributed by atoms with van der Waals surface area (Å²) in [6.07, 6.45) is 5.78. The van der Waals surface area contributed by atoms with E-state index >= 15 is 0 Å². The molecule has 0 fully saturated rings. The number of ketones is 1. The first kappa shape index (κ1) is 18.8. The third-order valence-corrected chi connectivity index (χ3v) is 5.73. The van der Waals surface area contributed by atoms with E-state index in [1.807, 2.05) is 13.2 Å². The topological polar surface area (TPSA) is 58.1 Å². The third kappa shape index (κ3) is 3.61. The van der Waals surface area contributed by atoms with Crippen LogP contribution in [0.4, 0.5) is 14.5 Å². The number of hydrogen-bond acceptors (Lipinski definition) is 3. The van der Waals surface area contributed by atoms with Gasteiger partial charge in [-0.05, 0) is 46.8 Å². The molecule has 2 aromatic heterocycles. The Kier molecular flexibility index (Phi) is 5.62. The number of nitrogens with one attached hydrogen (secondary N) is 1.